The van der Waals surface area contributed by atoms with Gasteiger partial charge in [-0.2, -0.15) is 0 Å². The van der Waals surface area contributed by atoms with Crippen molar-refractivity contribution >= 4 is 5.91 Å². The summed E-state index contributed by atoms with van der Waals surface area (Å²) in [7, 11) is 0. The van der Waals surface area contributed by atoms with Crippen molar-refractivity contribution in [2.24, 2.45) is 5.92 Å². The molecule has 19 heavy (non-hydrogen) atoms. The summed E-state index contributed by atoms with van der Waals surface area (Å²) in [4.78, 5) is 14.1. The average Bonchev–Trinajstić information content (AvgIpc) is 2.45. The molecule has 0 radical (unpaired) electrons. The van der Waals surface area contributed by atoms with E-state index in [1.54, 1.807) is 0 Å². The SMILES string of the molecule is O=C(CCN1CCNCC1)NCC1CCCCC1O. The minimum Gasteiger partial charge on any atom is -0.393 e. The van der Waals surface area contributed by atoms with Crippen molar-refractivity contribution < 1.29 is 9.90 Å². The van der Waals surface area contributed by atoms with Crippen molar-refractivity contribution in [3.05, 3.63) is 0 Å². The third-order valence-electron chi connectivity index (χ3n) is 4.30. The van der Waals surface area contributed by atoms with Gasteiger partial charge >= 0.3 is 0 Å². The lowest BCUT2D eigenvalue weighted by Crippen LogP contribution is -2.45. The van der Waals surface area contributed by atoms with Gasteiger partial charge in [-0.1, -0.05) is 12.8 Å². The Bertz CT molecular complexity index is 280. The van der Waals surface area contributed by atoms with E-state index < -0.39 is 0 Å². The van der Waals surface area contributed by atoms with Crippen LogP contribution in [0.25, 0.3) is 0 Å². The highest BCUT2D eigenvalue weighted by molar-refractivity contribution is 5.76. The van der Waals surface area contributed by atoms with Crippen LogP contribution < -0.4 is 10.6 Å². The lowest BCUT2D eigenvalue weighted by molar-refractivity contribution is -0.121. The van der Waals surface area contributed by atoms with E-state index in [0.717, 1.165) is 52.0 Å². The second-order valence-electron chi connectivity index (χ2n) is 5.76. The van der Waals surface area contributed by atoms with Crippen LogP contribution in [0.15, 0.2) is 0 Å². The van der Waals surface area contributed by atoms with E-state index in [-0.39, 0.29) is 17.9 Å². The first-order chi connectivity index (χ1) is 9.25. The lowest BCUT2D eigenvalue weighted by atomic mass is 9.86. The lowest BCUT2D eigenvalue weighted by Gasteiger charge is -2.28. The molecule has 5 heteroatoms. The zero-order valence-corrected chi connectivity index (χ0v) is 11.7. The number of aliphatic hydroxyl groups is 1. The van der Waals surface area contributed by atoms with Crippen LogP contribution in [0.4, 0.5) is 0 Å². The Morgan fingerprint density at radius 2 is 2.00 bits per heavy atom. The fraction of sp³-hybridized carbons (Fsp3) is 0.929. The Morgan fingerprint density at radius 3 is 2.74 bits per heavy atom. The maximum atomic E-state index is 11.8. The van der Waals surface area contributed by atoms with E-state index in [4.69, 9.17) is 0 Å². The predicted molar refractivity (Wildman–Crippen MR) is 74.9 cm³/mol. The first-order valence-electron chi connectivity index (χ1n) is 7.63. The molecule has 1 amide bonds. The second-order valence-corrected chi connectivity index (χ2v) is 5.76. The van der Waals surface area contributed by atoms with Gasteiger partial charge in [0, 0.05) is 51.6 Å². The number of nitrogens with zero attached hydrogens (tertiary/aromatic N) is 1. The van der Waals surface area contributed by atoms with Crippen LogP contribution in [0.3, 0.4) is 0 Å². The summed E-state index contributed by atoms with van der Waals surface area (Å²) in [6.45, 7) is 5.61. The van der Waals surface area contributed by atoms with E-state index in [1.165, 1.54) is 6.42 Å². The molecule has 1 aliphatic carbocycles. The number of piperazine rings is 1. The number of rotatable bonds is 5. The Labute approximate surface area is 115 Å². The summed E-state index contributed by atoms with van der Waals surface area (Å²) >= 11 is 0. The molecule has 2 fully saturated rings. The highest BCUT2D eigenvalue weighted by Gasteiger charge is 2.23. The number of carbonyl (C=O) groups is 1. The van der Waals surface area contributed by atoms with Crippen molar-refractivity contribution in [1.29, 1.82) is 0 Å². The van der Waals surface area contributed by atoms with Crippen molar-refractivity contribution in [3.8, 4) is 0 Å². The molecular formula is C14H27N3O2. The van der Waals surface area contributed by atoms with Gasteiger partial charge in [-0.15, -0.1) is 0 Å². The summed E-state index contributed by atoms with van der Waals surface area (Å²) < 4.78 is 0. The van der Waals surface area contributed by atoms with Gasteiger partial charge in [0.15, 0.2) is 0 Å². The van der Waals surface area contributed by atoms with Crippen LogP contribution in [0.2, 0.25) is 0 Å². The normalized spacial score (nSPS) is 29.1. The van der Waals surface area contributed by atoms with E-state index >= 15 is 0 Å². The molecule has 110 valence electrons. The molecule has 2 atom stereocenters. The topological polar surface area (TPSA) is 64.6 Å². The molecule has 0 spiro atoms. The Hall–Kier alpha value is -0.650. The number of hydrogen-bond donors (Lipinski definition) is 3. The smallest absolute Gasteiger partial charge is 0.221 e. The third-order valence-corrected chi connectivity index (χ3v) is 4.30. The molecule has 0 aromatic rings. The number of nitrogens with one attached hydrogen (secondary N) is 2. The fourth-order valence-electron chi connectivity index (χ4n) is 2.95. The Kier molecular flexibility index (Phi) is 6.07. The predicted octanol–water partition coefficient (Wildman–Crippen LogP) is -0.0510. The summed E-state index contributed by atoms with van der Waals surface area (Å²) in [5.74, 6) is 0.383. The van der Waals surface area contributed by atoms with Gasteiger partial charge in [-0.05, 0) is 12.8 Å². The standard InChI is InChI=1S/C14H27N3O2/c18-13-4-2-1-3-12(13)11-16-14(19)5-8-17-9-6-15-7-10-17/h12-13,15,18H,1-11H2,(H,16,19). The quantitative estimate of drug-likeness (QED) is 0.655. The van der Waals surface area contributed by atoms with Gasteiger partial charge in [0.05, 0.1) is 6.10 Å². The van der Waals surface area contributed by atoms with E-state index in [1.807, 2.05) is 0 Å². The van der Waals surface area contributed by atoms with Crippen molar-refractivity contribution in [2.75, 3.05) is 39.3 Å². The monoisotopic (exact) mass is 269 g/mol. The van der Waals surface area contributed by atoms with Crippen molar-refractivity contribution in [2.45, 2.75) is 38.2 Å². The molecule has 0 aromatic carbocycles. The second kappa shape index (κ2) is 7.82. The molecule has 1 saturated heterocycles. The van der Waals surface area contributed by atoms with Gasteiger partial charge < -0.3 is 20.6 Å². The highest BCUT2D eigenvalue weighted by Crippen LogP contribution is 2.23. The van der Waals surface area contributed by atoms with E-state index in [0.29, 0.717) is 13.0 Å². The number of amides is 1. The minimum absolute atomic E-state index is 0.122. The van der Waals surface area contributed by atoms with Gasteiger partial charge in [-0.3, -0.25) is 4.79 Å². The summed E-state index contributed by atoms with van der Waals surface area (Å²) in [6, 6.07) is 0. The largest absolute Gasteiger partial charge is 0.393 e. The molecular weight excluding hydrogens is 242 g/mol. The molecule has 2 unspecified atom stereocenters. The van der Waals surface area contributed by atoms with Crippen LogP contribution in [-0.2, 0) is 4.79 Å². The van der Waals surface area contributed by atoms with Crippen molar-refractivity contribution in [1.82, 2.24) is 15.5 Å². The van der Waals surface area contributed by atoms with Crippen LogP contribution in [0, 0.1) is 5.92 Å². The van der Waals surface area contributed by atoms with Crippen LogP contribution in [0.5, 0.6) is 0 Å². The summed E-state index contributed by atoms with van der Waals surface area (Å²) in [5, 5.41) is 16.1. The Balaban J connectivity index is 1.58. The van der Waals surface area contributed by atoms with Gasteiger partial charge in [0.1, 0.15) is 0 Å². The van der Waals surface area contributed by atoms with E-state index in [2.05, 4.69) is 15.5 Å². The zero-order chi connectivity index (χ0) is 13.5. The maximum Gasteiger partial charge on any atom is 0.221 e. The molecule has 0 aromatic heterocycles. The van der Waals surface area contributed by atoms with Gasteiger partial charge in [-0.25, -0.2) is 0 Å². The zero-order valence-electron chi connectivity index (χ0n) is 11.7. The molecule has 1 aliphatic heterocycles. The first-order valence-corrected chi connectivity index (χ1v) is 7.63. The van der Waals surface area contributed by atoms with Crippen LogP contribution in [0.1, 0.15) is 32.1 Å². The molecule has 2 rings (SSSR count). The highest BCUT2D eigenvalue weighted by atomic mass is 16.3. The molecule has 1 saturated carbocycles. The number of hydrogen-bond acceptors (Lipinski definition) is 4. The van der Waals surface area contributed by atoms with Crippen molar-refractivity contribution in [3.63, 3.8) is 0 Å². The fourth-order valence-corrected chi connectivity index (χ4v) is 2.95. The molecule has 0 bridgehead atoms. The van der Waals surface area contributed by atoms with Crippen LogP contribution >= 0.6 is 0 Å². The number of carbonyl (C=O) groups excluding carboxylic acids is 1. The average molecular weight is 269 g/mol. The maximum absolute atomic E-state index is 11.8. The molecule has 2 aliphatic rings. The van der Waals surface area contributed by atoms with Crippen LogP contribution in [-0.4, -0.2) is 61.3 Å². The first kappa shape index (κ1) is 14.8. The van der Waals surface area contributed by atoms with Gasteiger partial charge in [0.25, 0.3) is 0 Å². The molecule has 5 nitrogen and oxygen atoms in total. The van der Waals surface area contributed by atoms with E-state index in [9.17, 15) is 9.90 Å². The number of aliphatic hydroxyl groups excluding tert-OH is 1. The summed E-state index contributed by atoms with van der Waals surface area (Å²) in [5.41, 5.74) is 0. The minimum atomic E-state index is -0.220. The molecule has 1 heterocycles. The van der Waals surface area contributed by atoms with Gasteiger partial charge in [0.2, 0.25) is 5.91 Å². The Morgan fingerprint density at radius 1 is 1.26 bits per heavy atom. The third kappa shape index (κ3) is 5.09. The molecule has 3 N–H and O–H groups in total. The summed E-state index contributed by atoms with van der Waals surface area (Å²) in [6.07, 6.45) is 4.58.